The van der Waals surface area contributed by atoms with Crippen molar-refractivity contribution in [3.63, 3.8) is 0 Å². The molecular formula is C56H36N4O. The number of para-hydroxylation sites is 1. The fourth-order valence-corrected chi connectivity index (χ4v) is 8.02. The van der Waals surface area contributed by atoms with E-state index in [1.165, 1.54) is 0 Å². The number of hydrogen-bond acceptors (Lipinski definition) is 5. The first-order chi connectivity index (χ1) is 30.2. The molecule has 0 spiro atoms. The zero-order valence-corrected chi connectivity index (χ0v) is 33.0. The predicted octanol–water partition coefficient (Wildman–Crippen LogP) is 14.5. The van der Waals surface area contributed by atoms with Gasteiger partial charge in [-0.05, 0) is 53.1 Å². The highest BCUT2D eigenvalue weighted by atomic mass is 16.3. The van der Waals surface area contributed by atoms with Crippen molar-refractivity contribution in [2.75, 3.05) is 0 Å². The normalized spacial score (nSPS) is 11.3. The van der Waals surface area contributed by atoms with E-state index in [-0.39, 0.29) is 0 Å². The third-order valence-corrected chi connectivity index (χ3v) is 11.1. The summed E-state index contributed by atoms with van der Waals surface area (Å²) >= 11 is 0. The first-order valence-corrected chi connectivity index (χ1v) is 20.4. The molecule has 0 fully saturated rings. The Bertz CT molecular complexity index is 3210. The first kappa shape index (κ1) is 35.8. The van der Waals surface area contributed by atoms with Gasteiger partial charge in [0.05, 0.1) is 22.8 Å². The maximum absolute atomic E-state index is 6.66. The van der Waals surface area contributed by atoms with Crippen molar-refractivity contribution in [1.82, 2.24) is 19.9 Å². The Morgan fingerprint density at radius 1 is 0.262 bits per heavy atom. The lowest BCUT2D eigenvalue weighted by atomic mass is 9.94. The van der Waals surface area contributed by atoms with Gasteiger partial charge in [0.15, 0.2) is 11.6 Å². The van der Waals surface area contributed by atoms with Crippen LogP contribution in [0.25, 0.3) is 112 Å². The summed E-state index contributed by atoms with van der Waals surface area (Å²) in [6, 6.07) is 75.1. The summed E-state index contributed by atoms with van der Waals surface area (Å²) in [4.78, 5) is 20.2. The fourth-order valence-electron chi connectivity index (χ4n) is 8.02. The highest BCUT2D eigenvalue weighted by Gasteiger charge is 2.18. The maximum Gasteiger partial charge on any atom is 0.160 e. The van der Waals surface area contributed by atoms with E-state index in [2.05, 4.69) is 133 Å². The zero-order chi connectivity index (χ0) is 40.5. The predicted molar refractivity (Wildman–Crippen MR) is 248 cm³/mol. The quantitative estimate of drug-likeness (QED) is 0.154. The smallest absolute Gasteiger partial charge is 0.160 e. The molecule has 0 aliphatic carbocycles. The Morgan fingerprint density at radius 2 is 0.689 bits per heavy atom. The summed E-state index contributed by atoms with van der Waals surface area (Å²) in [5.74, 6) is 1.38. The number of aromatic nitrogens is 4. The van der Waals surface area contributed by atoms with Crippen LogP contribution >= 0.6 is 0 Å². The molecule has 0 amide bonds. The minimum atomic E-state index is 0.682. The van der Waals surface area contributed by atoms with Crippen LogP contribution in [0.1, 0.15) is 0 Å². The van der Waals surface area contributed by atoms with Crippen molar-refractivity contribution in [1.29, 1.82) is 0 Å². The molecule has 11 aromatic rings. The van der Waals surface area contributed by atoms with E-state index in [9.17, 15) is 0 Å². The van der Waals surface area contributed by atoms with Gasteiger partial charge in [-0.25, -0.2) is 19.9 Å². The number of furan rings is 1. The Balaban J connectivity index is 1.02. The molecule has 3 aromatic heterocycles. The van der Waals surface area contributed by atoms with E-state index in [0.29, 0.717) is 11.6 Å². The van der Waals surface area contributed by atoms with Crippen LogP contribution < -0.4 is 0 Å². The lowest BCUT2D eigenvalue weighted by molar-refractivity contribution is 0.670. The maximum atomic E-state index is 6.66. The lowest BCUT2D eigenvalue weighted by Crippen LogP contribution is -1.96. The van der Waals surface area contributed by atoms with Crippen LogP contribution in [0.3, 0.4) is 0 Å². The van der Waals surface area contributed by atoms with Crippen LogP contribution in [0.15, 0.2) is 223 Å². The van der Waals surface area contributed by atoms with E-state index in [1.807, 2.05) is 84.9 Å². The van der Waals surface area contributed by atoms with E-state index in [4.69, 9.17) is 24.4 Å². The van der Waals surface area contributed by atoms with Crippen LogP contribution in [0, 0.1) is 0 Å². The molecule has 5 heteroatoms. The van der Waals surface area contributed by atoms with Crippen molar-refractivity contribution in [2.45, 2.75) is 0 Å². The van der Waals surface area contributed by atoms with Crippen molar-refractivity contribution in [3.05, 3.63) is 218 Å². The van der Waals surface area contributed by atoms with Gasteiger partial charge >= 0.3 is 0 Å². The largest absolute Gasteiger partial charge is 0.455 e. The number of hydrogen-bond donors (Lipinski definition) is 0. The molecule has 0 saturated carbocycles. The second-order valence-corrected chi connectivity index (χ2v) is 15.0. The lowest BCUT2D eigenvalue weighted by Gasteiger charge is -2.12. The average molecular weight is 781 g/mol. The molecule has 0 aliphatic heterocycles. The van der Waals surface area contributed by atoms with E-state index in [0.717, 1.165) is 100 Å². The van der Waals surface area contributed by atoms with E-state index in [1.54, 1.807) is 0 Å². The van der Waals surface area contributed by atoms with E-state index < -0.39 is 0 Å². The number of benzene rings is 8. The molecule has 0 unspecified atom stereocenters. The minimum absolute atomic E-state index is 0.682. The molecule has 5 nitrogen and oxygen atoms in total. The Labute approximate surface area is 353 Å². The van der Waals surface area contributed by atoms with E-state index >= 15 is 0 Å². The van der Waals surface area contributed by atoms with Gasteiger partial charge in [-0.15, -0.1) is 0 Å². The van der Waals surface area contributed by atoms with Crippen LogP contribution in [-0.2, 0) is 0 Å². The van der Waals surface area contributed by atoms with Crippen LogP contribution in [0.5, 0.6) is 0 Å². The Kier molecular flexibility index (Phi) is 9.10. The number of nitrogens with zero attached hydrogens (tertiary/aromatic N) is 4. The molecule has 0 aliphatic rings. The standard InChI is InChI=1S/C56H36N4O/c1-5-16-38(17-6-1)49-35-51(59-55(57-49)41-20-9-3-10-21-41)40-30-28-37(29-31-40)45-33-47(54-48(34-45)46-26-13-14-27-53(46)61-54)43-24-15-25-44(32-43)52-36-50(39-18-7-2-8-19-39)58-56(60-52)42-22-11-4-12-23-42/h1-36H. The topological polar surface area (TPSA) is 64.7 Å². The summed E-state index contributed by atoms with van der Waals surface area (Å²) in [5.41, 5.74) is 15.4. The Hall–Kier alpha value is -8.28. The minimum Gasteiger partial charge on any atom is -0.455 e. The molecular weight excluding hydrogens is 745 g/mol. The Morgan fingerprint density at radius 3 is 1.25 bits per heavy atom. The molecule has 0 atom stereocenters. The second kappa shape index (κ2) is 15.5. The molecule has 3 heterocycles. The second-order valence-electron chi connectivity index (χ2n) is 15.0. The van der Waals surface area contributed by atoms with Gasteiger partial charge in [0.25, 0.3) is 0 Å². The fraction of sp³-hybridized carbons (Fsp3) is 0. The molecule has 0 radical (unpaired) electrons. The molecule has 0 saturated heterocycles. The van der Waals surface area contributed by atoms with Gasteiger partial charge in [-0.3, -0.25) is 0 Å². The van der Waals surface area contributed by atoms with Crippen LogP contribution in [0.4, 0.5) is 0 Å². The molecule has 286 valence electrons. The highest BCUT2D eigenvalue weighted by Crippen LogP contribution is 2.41. The SMILES string of the molecule is c1ccc(-c2cc(-c3ccc(-c4cc(-c5cccc(-c6cc(-c7ccccc7)nc(-c7ccccc7)n6)c5)c5oc6ccccc6c5c4)cc3)nc(-c3ccccc3)n2)cc1. The monoisotopic (exact) mass is 780 g/mol. The summed E-state index contributed by atoms with van der Waals surface area (Å²) < 4.78 is 6.66. The zero-order valence-electron chi connectivity index (χ0n) is 33.0. The summed E-state index contributed by atoms with van der Waals surface area (Å²) in [7, 11) is 0. The third-order valence-electron chi connectivity index (χ3n) is 11.1. The van der Waals surface area contributed by atoms with Gasteiger partial charge in [-0.2, -0.15) is 0 Å². The van der Waals surface area contributed by atoms with Gasteiger partial charge in [0.1, 0.15) is 11.2 Å². The molecule has 0 N–H and O–H groups in total. The van der Waals surface area contributed by atoms with Gasteiger partial charge in [0, 0.05) is 49.7 Å². The van der Waals surface area contributed by atoms with Crippen LogP contribution in [-0.4, -0.2) is 19.9 Å². The summed E-state index contributed by atoms with van der Waals surface area (Å²) in [6.45, 7) is 0. The number of rotatable bonds is 8. The summed E-state index contributed by atoms with van der Waals surface area (Å²) in [6.07, 6.45) is 0. The molecule has 61 heavy (non-hydrogen) atoms. The highest BCUT2D eigenvalue weighted by molar-refractivity contribution is 6.11. The van der Waals surface area contributed by atoms with Gasteiger partial charge in [0.2, 0.25) is 0 Å². The van der Waals surface area contributed by atoms with Crippen LogP contribution in [0.2, 0.25) is 0 Å². The van der Waals surface area contributed by atoms with Gasteiger partial charge in [-0.1, -0.05) is 182 Å². The van der Waals surface area contributed by atoms with Crippen molar-refractivity contribution in [3.8, 4) is 90.1 Å². The first-order valence-electron chi connectivity index (χ1n) is 20.4. The van der Waals surface area contributed by atoms with Gasteiger partial charge < -0.3 is 4.42 Å². The molecule has 11 rings (SSSR count). The average Bonchev–Trinajstić information content (AvgIpc) is 3.73. The molecule has 0 bridgehead atoms. The third kappa shape index (κ3) is 7.04. The van der Waals surface area contributed by atoms with Crippen molar-refractivity contribution < 1.29 is 4.42 Å². The number of fused-ring (bicyclic) bond motifs is 3. The molecule has 8 aromatic carbocycles. The van der Waals surface area contributed by atoms with Crippen molar-refractivity contribution in [2.24, 2.45) is 0 Å². The summed E-state index contributed by atoms with van der Waals surface area (Å²) in [5, 5.41) is 2.14. The van der Waals surface area contributed by atoms with Crippen molar-refractivity contribution >= 4 is 21.9 Å².